The standard InChI is InChI=1S/C21H21F2NO7/c1-4-30-20(27)15(21(28)31-5-2)14-13(22)8-11-17(16(14)23)24(10-6-7-10)9-12(18(11)25)19(26)29-3/h8-10,15H,4-7H2,1-3H3. The number of carbonyl (C=O) groups is 3. The fraction of sp³-hybridized carbons (Fsp3) is 0.429. The second kappa shape index (κ2) is 8.83. The zero-order valence-corrected chi connectivity index (χ0v) is 17.2. The number of nitrogens with zero attached hydrogens (tertiary/aromatic N) is 1. The highest BCUT2D eigenvalue weighted by molar-refractivity contribution is 6.02. The summed E-state index contributed by atoms with van der Waals surface area (Å²) in [5, 5.41) is -0.403. The fourth-order valence-corrected chi connectivity index (χ4v) is 3.40. The van der Waals surface area contributed by atoms with Gasteiger partial charge in [0.2, 0.25) is 5.43 Å². The second-order valence-corrected chi connectivity index (χ2v) is 6.92. The lowest BCUT2D eigenvalue weighted by Gasteiger charge is -2.19. The first kappa shape index (κ1) is 22.4. The Morgan fingerprint density at radius 1 is 1.13 bits per heavy atom. The topological polar surface area (TPSA) is 101 Å². The van der Waals surface area contributed by atoms with Gasteiger partial charge in [0.1, 0.15) is 11.4 Å². The number of ether oxygens (including phenoxy) is 3. The Bertz CT molecular complexity index is 1100. The highest BCUT2D eigenvalue weighted by atomic mass is 19.1. The number of rotatable bonds is 7. The predicted octanol–water partition coefficient (Wildman–Crippen LogP) is 2.61. The van der Waals surface area contributed by atoms with Crippen molar-refractivity contribution in [3.05, 3.63) is 45.2 Å². The Morgan fingerprint density at radius 2 is 1.71 bits per heavy atom. The van der Waals surface area contributed by atoms with E-state index >= 15 is 8.78 Å². The van der Waals surface area contributed by atoms with Crippen LogP contribution < -0.4 is 5.43 Å². The summed E-state index contributed by atoms with van der Waals surface area (Å²) in [7, 11) is 1.08. The van der Waals surface area contributed by atoms with Gasteiger partial charge in [0, 0.05) is 12.2 Å². The van der Waals surface area contributed by atoms with Crippen LogP contribution in [0.25, 0.3) is 10.9 Å². The smallest absolute Gasteiger partial charge is 0.343 e. The molecule has 1 aromatic heterocycles. The van der Waals surface area contributed by atoms with E-state index < -0.39 is 51.8 Å². The van der Waals surface area contributed by atoms with Gasteiger partial charge in [-0.3, -0.25) is 14.4 Å². The third-order valence-electron chi connectivity index (χ3n) is 4.92. The Labute approximate surface area is 175 Å². The zero-order valence-electron chi connectivity index (χ0n) is 17.2. The monoisotopic (exact) mass is 437 g/mol. The maximum Gasteiger partial charge on any atom is 0.343 e. The van der Waals surface area contributed by atoms with Crippen molar-refractivity contribution in [1.82, 2.24) is 4.57 Å². The first-order valence-electron chi connectivity index (χ1n) is 9.75. The molecule has 3 rings (SSSR count). The summed E-state index contributed by atoms with van der Waals surface area (Å²) in [5.41, 5.74) is -2.48. The first-order chi connectivity index (χ1) is 14.8. The molecule has 0 aliphatic heterocycles. The average Bonchev–Trinajstić information content (AvgIpc) is 3.56. The van der Waals surface area contributed by atoms with Gasteiger partial charge in [-0.2, -0.15) is 0 Å². The molecule has 166 valence electrons. The van der Waals surface area contributed by atoms with Gasteiger partial charge >= 0.3 is 17.9 Å². The predicted molar refractivity (Wildman–Crippen MR) is 104 cm³/mol. The van der Waals surface area contributed by atoms with Crippen molar-refractivity contribution in [2.24, 2.45) is 0 Å². The van der Waals surface area contributed by atoms with Crippen LogP contribution in [0, 0.1) is 11.6 Å². The summed E-state index contributed by atoms with van der Waals surface area (Å²) in [5.74, 6) is -7.87. The number of pyridine rings is 1. The molecular weight excluding hydrogens is 416 g/mol. The zero-order chi connectivity index (χ0) is 22.9. The molecule has 0 N–H and O–H groups in total. The molecule has 1 aromatic carbocycles. The molecule has 0 bridgehead atoms. The molecule has 1 aliphatic rings. The van der Waals surface area contributed by atoms with E-state index in [1.807, 2.05) is 0 Å². The molecule has 0 radical (unpaired) electrons. The van der Waals surface area contributed by atoms with E-state index in [0.717, 1.165) is 13.3 Å². The quantitative estimate of drug-likeness (QED) is 0.373. The summed E-state index contributed by atoms with van der Waals surface area (Å²) in [4.78, 5) is 49.5. The number of fused-ring (bicyclic) bond motifs is 1. The molecule has 0 atom stereocenters. The Kier molecular flexibility index (Phi) is 6.37. The minimum absolute atomic E-state index is 0.124. The molecule has 1 heterocycles. The van der Waals surface area contributed by atoms with Crippen molar-refractivity contribution in [3.63, 3.8) is 0 Å². The Balaban J connectivity index is 2.35. The van der Waals surface area contributed by atoms with Crippen LogP contribution in [0.5, 0.6) is 0 Å². The number of esters is 3. The Morgan fingerprint density at radius 3 is 2.19 bits per heavy atom. The molecule has 1 aliphatic carbocycles. The maximum absolute atomic E-state index is 15.7. The normalized spacial score (nSPS) is 13.4. The number of aromatic nitrogens is 1. The average molecular weight is 437 g/mol. The fourth-order valence-electron chi connectivity index (χ4n) is 3.40. The van der Waals surface area contributed by atoms with Crippen LogP contribution in [0.1, 0.15) is 54.6 Å². The largest absolute Gasteiger partial charge is 0.465 e. The van der Waals surface area contributed by atoms with Crippen molar-refractivity contribution in [2.75, 3.05) is 20.3 Å². The lowest BCUT2D eigenvalue weighted by Crippen LogP contribution is -2.29. The van der Waals surface area contributed by atoms with Crippen LogP contribution in [-0.4, -0.2) is 42.8 Å². The SMILES string of the molecule is CCOC(=O)C(C(=O)OCC)c1c(F)cc2c(=O)c(C(=O)OC)cn(C3CC3)c2c1F. The van der Waals surface area contributed by atoms with Crippen molar-refractivity contribution in [2.45, 2.75) is 38.6 Å². The second-order valence-electron chi connectivity index (χ2n) is 6.92. The number of halogens is 2. The van der Waals surface area contributed by atoms with Crippen molar-refractivity contribution >= 4 is 28.8 Å². The van der Waals surface area contributed by atoms with Crippen molar-refractivity contribution < 1.29 is 37.4 Å². The summed E-state index contributed by atoms with van der Waals surface area (Å²) in [6.45, 7) is 2.71. The number of hydrogen-bond acceptors (Lipinski definition) is 7. The van der Waals surface area contributed by atoms with Crippen LogP contribution in [0.2, 0.25) is 0 Å². The van der Waals surface area contributed by atoms with Crippen molar-refractivity contribution in [3.8, 4) is 0 Å². The molecule has 0 spiro atoms. The van der Waals surface area contributed by atoms with E-state index in [2.05, 4.69) is 4.74 Å². The van der Waals surface area contributed by atoms with E-state index in [1.165, 1.54) is 18.4 Å². The third kappa shape index (κ3) is 4.01. The molecule has 0 saturated heterocycles. The Hall–Kier alpha value is -3.30. The van der Waals surface area contributed by atoms with Crippen LogP contribution in [-0.2, 0) is 23.8 Å². The lowest BCUT2D eigenvalue weighted by atomic mass is 9.95. The number of methoxy groups -OCH3 is 1. The van der Waals surface area contributed by atoms with E-state index in [-0.39, 0.29) is 30.3 Å². The highest BCUT2D eigenvalue weighted by Gasteiger charge is 2.39. The van der Waals surface area contributed by atoms with Gasteiger partial charge in [-0.15, -0.1) is 0 Å². The van der Waals surface area contributed by atoms with E-state index in [1.54, 1.807) is 0 Å². The molecule has 2 aromatic rings. The number of hydrogen-bond donors (Lipinski definition) is 0. The van der Waals surface area contributed by atoms with Crippen LogP contribution in [0.15, 0.2) is 17.1 Å². The summed E-state index contributed by atoms with van der Waals surface area (Å²) in [6, 6.07) is 0.482. The van der Waals surface area contributed by atoms with E-state index in [4.69, 9.17) is 9.47 Å². The molecule has 0 amide bonds. The minimum atomic E-state index is -2.01. The van der Waals surface area contributed by atoms with Crippen LogP contribution >= 0.6 is 0 Å². The molecule has 1 saturated carbocycles. The van der Waals surface area contributed by atoms with Gasteiger partial charge in [-0.1, -0.05) is 0 Å². The third-order valence-corrected chi connectivity index (χ3v) is 4.92. The highest BCUT2D eigenvalue weighted by Crippen LogP contribution is 2.39. The number of benzene rings is 1. The summed E-state index contributed by atoms with van der Waals surface area (Å²) in [6.07, 6.45) is 2.44. The van der Waals surface area contributed by atoms with Gasteiger partial charge in [-0.25, -0.2) is 13.6 Å². The lowest BCUT2D eigenvalue weighted by molar-refractivity contribution is -0.157. The van der Waals surface area contributed by atoms with Crippen LogP contribution in [0.4, 0.5) is 8.78 Å². The van der Waals surface area contributed by atoms with E-state index in [0.29, 0.717) is 18.9 Å². The van der Waals surface area contributed by atoms with Gasteiger partial charge in [-0.05, 0) is 32.8 Å². The molecule has 10 heteroatoms. The molecule has 1 fully saturated rings. The summed E-state index contributed by atoms with van der Waals surface area (Å²) < 4.78 is 46.3. The van der Waals surface area contributed by atoms with Gasteiger partial charge in [0.05, 0.1) is 36.8 Å². The first-order valence-corrected chi connectivity index (χ1v) is 9.75. The minimum Gasteiger partial charge on any atom is -0.465 e. The molecule has 0 unspecified atom stereocenters. The summed E-state index contributed by atoms with van der Waals surface area (Å²) >= 11 is 0. The van der Waals surface area contributed by atoms with Gasteiger partial charge in [0.15, 0.2) is 11.7 Å². The number of carbonyl (C=O) groups excluding carboxylic acids is 3. The van der Waals surface area contributed by atoms with Crippen molar-refractivity contribution in [1.29, 1.82) is 0 Å². The van der Waals surface area contributed by atoms with Gasteiger partial charge < -0.3 is 18.8 Å². The van der Waals surface area contributed by atoms with Gasteiger partial charge in [0.25, 0.3) is 0 Å². The van der Waals surface area contributed by atoms with Crippen LogP contribution in [0.3, 0.4) is 0 Å². The molecular formula is C21H21F2NO7. The maximum atomic E-state index is 15.7. The molecule has 31 heavy (non-hydrogen) atoms. The molecule has 8 nitrogen and oxygen atoms in total. The van der Waals surface area contributed by atoms with E-state index in [9.17, 15) is 19.2 Å².